The van der Waals surface area contributed by atoms with Gasteiger partial charge in [-0.25, -0.2) is 0 Å². The van der Waals surface area contributed by atoms with Gasteiger partial charge in [-0.3, -0.25) is 9.78 Å². The fraction of sp³-hybridized carbons (Fsp3) is 0.429. The van der Waals surface area contributed by atoms with Gasteiger partial charge in [0.25, 0.3) is 5.91 Å². The van der Waals surface area contributed by atoms with Gasteiger partial charge in [0.1, 0.15) is 12.7 Å². The molecular weight excluding hydrogens is 328 g/mol. The molecule has 1 fully saturated rings. The Hall–Kier alpha value is -2.56. The van der Waals surface area contributed by atoms with Crippen molar-refractivity contribution in [3.8, 4) is 11.5 Å². The van der Waals surface area contributed by atoms with Crippen molar-refractivity contribution in [2.45, 2.75) is 38.2 Å². The molecule has 0 bridgehead atoms. The monoisotopic (exact) mass is 352 g/mol. The number of fused-ring (bicyclic) bond motifs is 1. The van der Waals surface area contributed by atoms with Crippen molar-refractivity contribution in [2.75, 3.05) is 19.7 Å². The molecule has 5 nitrogen and oxygen atoms in total. The molecule has 1 saturated heterocycles. The minimum absolute atomic E-state index is 0.0233. The Kier molecular flexibility index (Phi) is 5.04. The first-order valence-corrected chi connectivity index (χ1v) is 9.43. The van der Waals surface area contributed by atoms with Crippen LogP contribution in [0.2, 0.25) is 0 Å². The van der Waals surface area contributed by atoms with Crippen molar-refractivity contribution in [1.82, 2.24) is 9.88 Å². The Morgan fingerprint density at radius 3 is 2.73 bits per heavy atom. The van der Waals surface area contributed by atoms with Gasteiger partial charge in [0.05, 0.1) is 11.3 Å². The molecule has 5 heteroatoms. The smallest absolute Gasteiger partial charge is 0.255 e. The Labute approximate surface area is 153 Å². The Bertz CT molecular complexity index is 771. The number of likely N-dealkylation sites (tertiary alicyclic amines) is 1. The van der Waals surface area contributed by atoms with E-state index in [1.807, 2.05) is 41.3 Å². The molecule has 0 radical (unpaired) electrons. The van der Waals surface area contributed by atoms with E-state index in [1.165, 1.54) is 6.42 Å². The third-order valence-corrected chi connectivity index (χ3v) is 5.03. The van der Waals surface area contributed by atoms with Gasteiger partial charge in [-0.15, -0.1) is 0 Å². The van der Waals surface area contributed by atoms with Gasteiger partial charge in [-0.1, -0.05) is 12.1 Å². The van der Waals surface area contributed by atoms with Crippen LogP contribution in [0.3, 0.4) is 0 Å². The minimum Gasteiger partial charge on any atom is -0.486 e. The van der Waals surface area contributed by atoms with Crippen LogP contribution in [-0.4, -0.2) is 41.6 Å². The van der Waals surface area contributed by atoms with Crippen LogP contribution >= 0.6 is 0 Å². The van der Waals surface area contributed by atoms with E-state index in [2.05, 4.69) is 4.98 Å². The second-order valence-corrected chi connectivity index (χ2v) is 6.89. The van der Waals surface area contributed by atoms with Crippen molar-refractivity contribution >= 4 is 5.91 Å². The molecule has 0 saturated carbocycles. The predicted molar refractivity (Wildman–Crippen MR) is 98.7 cm³/mol. The summed E-state index contributed by atoms with van der Waals surface area (Å²) in [5.41, 5.74) is 1.58. The zero-order valence-electron chi connectivity index (χ0n) is 14.9. The van der Waals surface area contributed by atoms with E-state index in [4.69, 9.17) is 9.47 Å². The number of carbonyl (C=O) groups excluding carboxylic acids is 1. The van der Waals surface area contributed by atoms with Crippen molar-refractivity contribution < 1.29 is 14.3 Å². The average Bonchev–Trinajstić information content (AvgIpc) is 2.72. The van der Waals surface area contributed by atoms with Gasteiger partial charge in [0.2, 0.25) is 0 Å². The van der Waals surface area contributed by atoms with E-state index in [0.717, 1.165) is 55.1 Å². The summed E-state index contributed by atoms with van der Waals surface area (Å²) in [6.45, 7) is 2.23. The van der Waals surface area contributed by atoms with Crippen LogP contribution in [0.5, 0.6) is 11.5 Å². The van der Waals surface area contributed by atoms with Crippen LogP contribution in [0.1, 0.15) is 41.7 Å². The number of pyridine rings is 1. The number of aryl methyl sites for hydroxylation is 1. The number of ether oxygens (including phenoxy) is 2. The Morgan fingerprint density at radius 2 is 1.88 bits per heavy atom. The number of hydrogen-bond acceptors (Lipinski definition) is 4. The second-order valence-electron chi connectivity index (χ2n) is 6.89. The standard InChI is InChI=1S/C21H24N2O3/c24-21(23-13-4-1-5-14-23)17-7-6-12-22-18(17)11-10-16-15-25-19-8-2-3-9-20(19)26-16/h2-3,6-9,12,16H,1,4-5,10-11,13-15H2/t16-/m1/s1. The number of nitrogens with zero attached hydrogens (tertiary/aromatic N) is 2. The van der Waals surface area contributed by atoms with Crippen LogP contribution in [0.25, 0.3) is 0 Å². The van der Waals surface area contributed by atoms with Crippen LogP contribution in [0.4, 0.5) is 0 Å². The molecule has 2 aliphatic rings. The molecule has 26 heavy (non-hydrogen) atoms. The van der Waals surface area contributed by atoms with E-state index >= 15 is 0 Å². The van der Waals surface area contributed by atoms with E-state index in [1.54, 1.807) is 6.20 Å². The minimum atomic E-state index is -0.0233. The Morgan fingerprint density at radius 1 is 1.08 bits per heavy atom. The number of carbonyl (C=O) groups is 1. The van der Waals surface area contributed by atoms with E-state index < -0.39 is 0 Å². The average molecular weight is 352 g/mol. The molecule has 0 unspecified atom stereocenters. The Balaban J connectivity index is 1.42. The highest BCUT2D eigenvalue weighted by atomic mass is 16.6. The molecule has 136 valence electrons. The molecule has 4 rings (SSSR count). The largest absolute Gasteiger partial charge is 0.486 e. The molecule has 1 aromatic carbocycles. The first kappa shape index (κ1) is 16.9. The lowest BCUT2D eigenvalue weighted by Gasteiger charge is -2.28. The molecule has 3 heterocycles. The number of benzene rings is 1. The fourth-order valence-electron chi connectivity index (χ4n) is 3.60. The van der Waals surface area contributed by atoms with Crippen LogP contribution in [0, 0.1) is 0 Å². The quantitative estimate of drug-likeness (QED) is 0.845. The summed E-state index contributed by atoms with van der Waals surface area (Å²) in [7, 11) is 0. The van der Waals surface area contributed by atoms with Crippen molar-refractivity contribution in [3.05, 3.63) is 53.9 Å². The molecule has 0 spiro atoms. The molecule has 0 aliphatic carbocycles. The first-order chi connectivity index (χ1) is 12.8. The maximum atomic E-state index is 12.9. The lowest BCUT2D eigenvalue weighted by molar-refractivity contribution is 0.0719. The molecule has 0 N–H and O–H groups in total. The first-order valence-electron chi connectivity index (χ1n) is 9.43. The highest BCUT2D eigenvalue weighted by Gasteiger charge is 2.24. The zero-order valence-corrected chi connectivity index (χ0v) is 14.9. The van der Waals surface area contributed by atoms with Gasteiger partial charge >= 0.3 is 0 Å². The summed E-state index contributed by atoms with van der Waals surface area (Å²) in [5, 5.41) is 0. The SMILES string of the molecule is O=C(c1cccnc1CC[C@@H]1COc2ccccc2O1)N1CCCCC1. The number of para-hydroxylation sites is 2. The maximum absolute atomic E-state index is 12.9. The molecular formula is C21H24N2O3. The predicted octanol–water partition coefficient (Wildman–Crippen LogP) is 3.48. The van der Waals surface area contributed by atoms with Crippen LogP contribution in [0.15, 0.2) is 42.6 Å². The van der Waals surface area contributed by atoms with E-state index in [9.17, 15) is 4.79 Å². The van der Waals surface area contributed by atoms with Gasteiger partial charge < -0.3 is 14.4 Å². The molecule has 1 amide bonds. The molecule has 2 aliphatic heterocycles. The third kappa shape index (κ3) is 3.66. The van der Waals surface area contributed by atoms with E-state index in [-0.39, 0.29) is 12.0 Å². The fourth-order valence-corrected chi connectivity index (χ4v) is 3.60. The zero-order chi connectivity index (χ0) is 17.8. The number of piperidine rings is 1. The summed E-state index contributed by atoms with van der Waals surface area (Å²) in [5.74, 6) is 1.69. The molecule has 2 aromatic rings. The summed E-state index contributed by atoms with van der Waals surface area (Å²) in [6, 6.07) is 11.5. The number of rotatable bonds is 4. The second kappa shape index (κ2) is 7.77. The van der Waals surface area contributed by atoms with Crippen LogP contribution < -0.4 is 9.47 Å². The lowest BCUT2D eigenvalue weighted by Crippen LogP contribution is -2.36. The number of amides is 1. The number of hydrogen-bond donors (Lipinski definition) is 0. The highest BCUT2D eigenvalue weighted by Crippen LogP contribution is 2.32. The summed E-state index contributed by atoms with van der Waals surface area (Å²) >= 11 is 0. The van der Waals surface area contributed by atoms with Gasteiger partial charge in [0.15, 0.2) is 11.5 Å². The normalized spacial score (nSPS) is 19.2. The van der Waals surface area contributed by atoms with Gasteiger partial charge in [-0.05, 0) is 56.4 Å². The lowest BCUT2D eigenvalue weighted by atomic mass is 10.0. The van der Waals surface area contributed by atoms with Crippen molar-refractivity contribution in [1.29, 1.82) is 0 Å². The topological polar surface area (TPSA) is 51.7 Å². The van der Waals surface area contributed by atoms with Crippen molar-refractivity contribution in [2.24, 2.45) is 0 Å². The van der Waals surface area contributed by atoms with Gasteiger partial charge in [-0.2, -0.15) is 0 Å². The molecule has 1 aromatic heterocycles. The van der Waals surface area contributed by atoms with Crippen LogP contribution in [-0.2, 0) is 6.42 Å². The van der Waals surface area contributed by atoms with E-state index in [0.29, 0.717) is 13.0 Å². The summed E-state index contributed by atoms with van der Waals surface area (Å²) < 4.78 is 11.8. The van der Waals surface area contributed by atoms with Gasteiger partial charge in [0, 0.05) is 19.3 Å². The van der Waals surface area contributed by atoms with Crippen molar-refractivity contribution in [3.63, 3.8) is 0 Å². The maximum Gasteiger partial charge on any atom is 0.255 e. The highest BCUT2D eigenvalue weighted by molar-refractivity contribution is 5.95. The molecule has 1 atom stereocenters. The summed E-state index contributed by atoms with van der Waals surface area (Å²) in [6.07, 6.45) is 6.60. The third-order valence-electron chi connectivity index (χ3n) is 5.03. The summed E-state index contributed by atoms with van der Waals surface area (Å²) in [4.78, 5) is 19.3. The number of aromatic nitrogens is 1.